The maximum absolute atomic E-state index is 5.70. The normalized spacial score (nSPS) is 28.7. The SMILES string of the molecule is C=CS(C)(N)OC1CC1. The second-order valence-corrected chi connectivity index (χ2v) is 4.89. The highest BCUT2D eigenvalue weighted by atomic mass is 32.3. The molecular formula is C6H13NOS. The number of rotatable bonds is 3. The molecule has 0 saturated heterocycles. The van der Waals surface area contributed by atoms with Gasteiger partial charge < -0.3 is 4.18 Å². The van der Waals surface area contributed by atoms with Gasteiger partial charge in [0.25, 0.3) is 0 Å². The van der Waals surface area contributed by atoms with Crippen LogP contribution in [0.25, 0.3) is 0 Å². The van der Waals surface area contributed by atoms with Crippen molar-refractivity contribution in [2.24, 2.45) is 5.14 Å². The van der Waals surface area contributed by atoms with Gasteiger partial charge in [-0.25, -0.2) is 0 Å². The minimum atomic E-state index is -1.39. The molecule has 1 saturated carbocycles. The molecule has 2 N–H and O–H groups in total. The second kappa shape index (κ2) is 2.33. The first-order valence-corrected chi connectivity index (χ1v) is 5.10. The summed E-state index contributed by atoms with van der Waals surface area (Å²) < 4.78 is 5.44. The molecule has 3 heteroatoms. The van der Waals surface area contributed by atoms with Gasteiger partial charge in [-0.15, -0.1) is 0 Å². The Balaban J connectivity index is 2.29. The maximum Gasteiger partial charge on any atom is 0.0721 e. The van der Waals surface area contributed by atoms with E-state index in [1.54, 1.807) is 5.41 Å². The third kappa shape index (κ3) is 2.39. The molecule has 1 rings (SSSR count). The highest BCUT2D eigenvalue weighted by Crippen LogP contribution is 2.44. The van der Waals surface area contributed by atoms with Crippen molar-refractivity contribution < 1.29 is 4.18 Å². The van der Waals surface area contributed by atoms with Gasteiger partial charge in [0.05, 0.1) is 6.10 Å². The van der Waals surface area contributed by atoms with Gasteiger partial charge in [0.1, 0.15) is 0 Å². The summed E-state index contributed by atoms with van der Waals surface area (Å²) in [6.45, 7) is 3.60. The molecule has 2 nitrogen and oxygen atoms in total. The molecule has 1 fully saturated rings. The monoisotopic (exact) mass is 147 g/mol. The smallest absolute Gasteiger partial charge is 0.0721 e. The third-order valence-corrected chi connectivity index (χ3v) is 2.55. The molecule has 0 heterocycles. The Morgan fingerprint density at radius 1 is 1.78 bits per heavy atom. The van der Waals surface area contributed by atoms with E-state index in [2.05, 4.69) is 6.58 Å². The highest BCUT2D eigenvalue weighted by molar-refractivity contribution is 8.29. The molecule has 1 unspecified atom stereocenters. The fourth-order valence-corrected chi connectivity index (χ4v) is 1.35. The summed E-state index contributed by atoms with van der Waals surface area (Å²) in [5, 5.41) is 7.41. The Bertz CT molecular complexity index is 120. The molecule has 0 aromatic rings. The van der Waals surface area contributed by atoms with E-state index in [1.165, 1.54) is 12.8 Å². The van der Waals surface area contributed by atoms with E-state index in [-0.39, 0.29) is 0 Å². The van der Waals surface area contributed by atoms with Gasteiger partial charge in [-0.1, -0.05) is 17.1 Å². The van der Waals surface area contributed by atoms with E-state index in [4.69, 9.17) is 9.32 Å². The minimum Gasteiger partial charge on any atom is -0.317 e. The lowest BCUT2D eigenvalue weighted by atomic mass is 10.9. The summed E-state index contributed by atoms with van der Waals surface area (Å²) in [6.07, 6.45) is 4.69. The van der Waals surface area contributed by atoms with Gasteiger partial charge in [0.15, 0.2) is 0 Å². The minimum absolute atomic E-state index is 0.438. The molecule has 1 aliphatic rings. The van der Waals surface area contributed by atoms with Gasteiger partial charge in [-0.3, -0.25) is 5.14 Å². The summed E-state index contributed by atoms with van der Waals surface area (Å²) in [5.41, 5.74) is 0. The number of nitrogens with two attached hydrogens (primary N) is 1. The Kier molecular flexibility index (Phi) is 1.84. The van der Waals surface area contributed by atoms with Crippen molar-refractivity contribution >= 4 is 10.5 Å². The Hall–Kier alpha value is 0.01000. The summed E-state index contributed by atoms with van der Waals surface area (Å²) in [6, 6.07) is 0. The number of hydrogen-bond donors (Lipinski definition) is 1. The first kappa shape index (κ1) is 7.12. The largest absolute Gasteiger partial charge is 0.317 e. The quantitative estimate of drug-likeness (QED) is 0.657. The van der Waals surface area contributed by atoms with E-state index >= 15 is 0 Å². The van der Waals surface area contributed by atoms with Gasteiger partial charge in [-0.2, -0.15) is 0 Å². The Labute approximate surface area is 57.7 Å². The van der Waals surface area contributed by atoms with Gasteiger partial charge in [0.2, 0.25) is 0 Å². The summed E-state index contributed by atoms with van der Waals surface area (Å²) in [7, 11) is -1.39. The van der Waals surface area contributed by atoms with Crippen molar-refractivity contribution in [2.45, 2.75) is 18.9 Å². The summed E-state index contributed by atoms with van der Waals surface area (Å²) in [4.78, 5) is 0. The summed E-state index contributed by atoms with van der Waals surface area (Å²) >= 11 is 0. The predicted molar refractivity (Wildman–Crippen MR) is 42.0 cm³/mol. The fraction of sp³-hybridized carbons (Fsp3) is 0.667. The lowest BCUT2D eigenvalue weighted by Crippen LogP contribution is -2.10. The van der Waals surface area contributed by atoms with E-state index < -0.39 is 10.5 Å². The van der Waals surface area contributed by atoms with Crippen molar-refractivity contribution in [2.75, 3.05) is 6.26 Å². The van der Waals surface area contributed by atoms with Crippen LogP contribution in [-0.4, -0.2) is 12.4 Å². The lowest BCUT2D eigenvalue weighted by Gasteiger charge is -2.25. The molecule has 1 aliphatic carbocycles. The summed E-state index contributed by atoms with van der Waals surface area (Å²) in [5.74, 6) is 0. The Morgan fingerprint density at radius 2 is 2.33 bits per heavy atom. The molecule has 0 aliphatic heterocycles. The first-order valence-electron chi connectivity index (χ1n) is 3.01. The molecule has 0 aromatic heterocycles. The third-order valence-electron chi connectivity index (χ3n) is 1.20. The van der Waals surface area contributed by atoms with E-state index in [9.17, 15) is 0 Å². The van der Waals surface area contributed by atoms with Crippen LogP contribution < -0.4 is 5.14 Å². The van der Waals surface area contributed by atoms with Crippen LogP contribution >= 0.6 is 10.5 Å². The molecule has 1 atom stereocenters. The zero-order chi connectivity index (χ0) is 6.91. The molecule has 0 spiro atoms. The first-order chi connectivity index (χ1) is 4.14. The van der Waals surface area contributed by atoms with Crippen molar-refractivity contribution in [3.8, 4) is 0 Å². The zero-order valence-corrected chi connectivity index (χ0v) is 6.49. The van der Waals surface area contributed by atoms with Crippen molar-refractivity contribution in [3.05, 3.63) is 12.0 Å². The maximum atomic E-state index is 5.70. The lowest BCUT2D eigenvalue weighted by molar-refractivity contribution is 0.347. The average Bonchev–Trinajstić information content (AvgIpc) is 2.50. The van der Waals surface area contributed by atoms with Crippen molar-refractivity contribution in [1.82, 2.24) is 0 Å². The van der Waals surface area contributed by atoms with Crippen LogP contribution in [0.2, 0.25) is 0 Å². The molecular weight excluding hydrogens is 134 g/mol. The van der Waals surface area contributed by atoms with Gasteiger partial charge >= 0.3 is 0 Å². The standard InChI is InChI=1S/C6H13NOS/c1-3-9(2,7)8-6-4-5-6/h3,6H,1,4-5,7H2,2H3. The van der Waals surface area contributed by atoms with E-state index in [1.807, 2.05) is 6.26 Å². The molecule has 0 amide bonds. The van der Waals surface area contributed by atoms with Crippen LogP contribution in [0.15, 0.2) is 12.0 Å². The van der Waals surface area contributed by atoms with Crippen molar-refractivity contribution in [3.63, 3.8) is 0 Å². The fourth-order valence-electron chi connectivity index (χ4n) is 0.497. The number of hydrogen-bond acceptors (Lipinski definition) is 2. The molecule has 0 aromatic carbocycles. The van der Waals surface area contributed by atoms with Crippen LogP contribution in [0.1, 0.15) is 12.8 Å². The molecule has 0 bridgehead atoms. The molecule has 9 heavy (non-hydrogen) atoms. The van der Waals surface area contributed by atoms with Gasteiger partial charge in [0, 0.05) is 6.26 Å². The van der Waals surface area contributed by atoms with Crippen molar-refractivity contribution in [1.29, 1.82) is 0 Å². The Morgan fingerprint density at radius 3 is 2.67 bits per heavy atom. The van der Waals surface area contributed by atoms with Crippen LogP contribution in [0.4, 0.5) is 0 Å². The topological polar surface area (TPSA) is 35.2 Å². The van der Waals surface area contributed by atoms with E-state index in [0.29, 0.717) is 6.10 Å². The van der Waals surface area contributed by atoms with Crippen LogP contribution in [-0.2, 0) is 4.18 Å². The molecule has 0 radical (unpaired) electrons. The highest BCUT2D eigenvalue weighted by Gasteiger charge is 2.26. The molecule has 54 valence electrons. The van der Waals surface area contributed by atoms with Gasteiger partial charge in [-0.05, 0) is 18.2 Å². The average molecular weight is 147 g/mol. The zero-order valence-electron chi connectivity index (χ0n) is 5.67. The van der Waals surface area contributed by atoms with Crippen LogP contribution in [0, 0.1) is 0 Å². The van der Waals surface area contributed by atoms with Crippen LogP contribution in [0.3, 0.4) is 0 Å². The second-order valence-electron chi connectivity index (χ2n) is 2.43. The predicted octanol–water partition coefficient (Wildman–Crippen LogP) is 1.53. The van der Waals surface area contributed by atoms with Crippen LogP contribution in [0.5, 0.6) is 0 Å². The van der Waals surface area contributed by atoms with E-state index in [0.717, 1.165) is 0 Å².